The van der Waals surface area contributed by atoms with E-state index < -0.39 is 11.2 Å². The van der Waals surface area contributed by atoms with Crippen LogP contribution in [0.25, 0.3) is 0 Å². The Kier molecular flexibility index (Phi) is 6.74. The second-order valence-corrected chi connectivity index (χ2v) is 6.98. The van der Waals surface area contributed by atoms with Gasteiger partial charge in [0.05, 0.1) is 13.2 Å². The van der Waals surface area contributed by atoms with Crippen LogP contribution < -0.4 is 21.9 Å². The van der Waals surface area contributed by atoms with Gasteiger partial charge in [0.25, 0.3) is 5.56 Å². The van der Waals surface area contributed by atoms with E-state index in [1.54, 1.807) is 6.07 Å². The van der Waals surface area contributed by atoms with E-state index in [2.05, 4.69) is 4.98 Å². The van der Waals surface area contributed by atoms with Gasteiger partial charge < -0.3 is 15.4 Å². The zero-order valence-electron chi connectivity index (χ0n) is 16.1. The Morgan fingerprint density at radius 3 is 2.45 bits per heavy atom. The quantitative estimate of drug-likeness (QED) is 0.591. The summed E-state index contributed by atoms with van der Waals surface area (Å²) in [5, 5.41) is 0.591. The number of hydrogen-bond acceptors (Lipinski definition) is 5. The third-order valence-electron chi connectivity index (χ3n) is 4.58. The van der Waals surface area contributed by atoms with E-state index in [0.717, 1.165) is 11.1 Å². The van der Waals surface area contributed by atoms with Crippen LogP contribution in [0.15, 0.2) is 64.2 Å². The number of aromatic nitrogens is 2. The van der Waals surface area contributed by atoms with Gasteiger partial charge in [-0.3, -0.25) is 14.3 Å². The average Bonchev–Trinajstić information content (AvgIpc) is 2.70. The topological polar surface area (TPSA) is 93.3 Å². The van der Waals surface area contributed by atoms with Crippen molar-refractivity contribution in [3.05, 3.63) is 91.6 Å². The molecule has 0 aliphatic rings. The summed E-state index contributed by atoms with van der Waals surface area (Å²) in [5.74, 6) is 0.0961. The minimum Gasteiger partial charge on any atom is -0.383 e. The van der Waals surface area contributed by atoms with Crippen molar-refractivity contribution in [1.29, 1.82) is 0 Å². The van der Waals surface area contributed by atoms with Gasteiger partial charge in [0.1, 0.15) is 11.5 Å². The van der Waals surface area contributed by atoms with Crippen LogP contribution >= 0.6 is 11.6 Å². The molecule has 0 atom stereocenters. The highest BCUT2D eigenvalue weighted by molar-refractivity contribution is 6.31. The molecule has 7 nitrogen and oxygen atoms in total. The number of hydrogen-bond donors (Lipinski definition) is 2. The van der Waals surface area contributed by atoms with Gasteiger partial charge in [-0.25, -0.2) is 4.79 Å². The standard InChI is InChI=1S/C21H23ClN4O3/c1-29-12-11-26-19(23)18(20(27)24-21(26)28)25(13-15-7-3-2-4-8-15)14-16-9-5-6-10-17(16)22/h2-10H,11-14,23H2,1H3,(H,24,27,28). The fourth-order valence-corrected chi connectivity index (χ4v) is 3.33. The summed E-state index contributed by atoms with van der Waals surface area (Å²) in [5.41, 5.74) is 7.25. The summed E-state index contributed by atoms with van der Waals surface area (Å²) in [6.45, 7) is 1.29. The third-order valence-corrected chi connectivity index (χ3v) is 4.95. The highest BCUT2D eigenvalue weighted by atomic mass is 35.5. The lowest BCUT2D eigenvalue weighted by Gasteiger charge is -2.27. The number of halogens is 1. The van der Waals surface area contributed by atoms with Crippen molar-refractivity contribution < 1.29 is 4.74 Å². The number of nitrogen functional groups attached to an aromatic ring is 1. The van der Waals surface area contributed by atoms with Gasteiger partial charge in [-0.05, 0) is 17.2 Å². The lowest BCUT2D eigenvalue weighted by atomic mass is 10.1. The van der Waals surface area contributed by atoms with E-state index in [1.165, 1.54) is 11.7 Å². The van der Waals surface area contributed by atoms with Gasteiger partial charge in [0.15, 0.2) is 0 Å². The molecule has 0 unspecified atom stereocenters. The summed E-state index contributed by atoms with van der Waals surface area (Å²) in [6, 6.07) is 17.1. The van der Waals surface area contributed by atoms with E-state index in [4.69, 9.17) is 22.1 Å². The number of methoxy groups -OCH3 is 1. The molecule has 0 fully saturated rings. The van der Waals surface area contributed by atoms with Gasteiger partial charge in [-0.15, -0.1) is 0 Å². The van der Waals surface area contributed by atoms with E-state index in [1.807, 2.05) is 53.4 Å². The summed E-state index contributed by atoms with van der Waals surface area (Å²) >= 11 is 6.35. The van der Waals surface area contributed by atoms with Crippen LogP contribution in [-0.4, -0.2) is 23.3 Å². The van der Waals surface area contributed by atoms with Crippen molar-refractivity contribution in [3.63, 3.8) is 0 Å². The lowest BCUT2D eigenvalue weighted by molar-refractivity contribution is 0.186. The van der Waals surface area contributed by atoms with Crippen molar-refractivity contribution in [2.45, 2.75) is 19.6 Å². The SMILES string of the molecule is COCCn1c(N)c(N(Cc2ccccc2)Cc2ccccc2Cl)c(=O)[nH]c1=O. The number of anilines is 2. The van der Waals surface area contributed by atoms with Crippen LogP contribution in [0.5, 0.6) is 0 Å². The van der Waals surface area contributed by atoms with Gasteiger partial charge in [0, 0.05) is 25.2 Å². The summed E-state index contributed by atoms with van der Waals surface area (Å²) in [7, 11) is 1.53. The first kappa shape index (κ1) is 20.7. The number of rotatable bonds is 8. The van der Waals surface area contributed by atoms with E-state index >= 15 is 0 Å². The molecule has 0 saturated heterocycles. The van der Waals surface area contributed by atoms with Crippen molar-refractivity contribution in [1.82, 2.24) is 9.55 Å². The van der Waals surface area contributed by atoms with Crippen LogP contribution in [-0.2, 0) is 24.4 Å². The molecule has 1 aromatic heterocycles. The minimum atomic E-state index is -0.564. The molecule has 0 radical (unpaired) electrons. The molecule has 0 aliphatic heterocycles. The zero-order valence-corrected chi connectivity index (χ0v) is 16.9. The molecule has 2 aromatic carbocycles. The van der Waals surface area contributed by atoms with Crippen molar-refractivity contribution >= 4 is 23.1 Å². The Labute approximate surface area is 173 Å². The first-order chi connectivity index (χ1) is 14.0. The van der Waals surface area contributed by atoms with Gasteiger partial charge in [-0.2, -0.15) is 0 Å². The lowest BCUT2D eigenvalue weighted by Crippen LogP contribution is -2.38. The molecule has 0 aliphatic carbocycles. The molecule has 3 N–H and O–H groups in total. The molecule has 3 aromatic rings. The van der Waals surface area contributed by atoms with Crippen LogP contribution in [0.2, 0.25) is 5.02 Å². The van der Waals surface area contributed by atoms with Crippen molar-refractivity contribution in [2.75, 3.05) is 24.4 Å². The molecule has 3 rings (SSSR count). The van der Waals surface area contributed by atoms with Crippen molar-refractivity contribution in [2.24, 2.45) is 0 Å². The number of nitrogens with zero attached hydrogens (tertiary/aromatic N) is 2. The maximum atomic E-state index is 12.7. The number of ether oxygens (including phenoxy) is 1. The largest absolute Gasteiger partial charge is 0.383 e. The predicted molar refractivity (Wildman–Crippen MR) is 115 cm³/mol. The molecule has 29 heavy (non-hydrogen) atoms. The highest BCUT2D eigenvalue weighted by Gasteiger charge is 2.20. The van der Waals surface area contributed by atoms with Crippen LogP contribution in [0.1, 0.15) is 11.1 Å². The number of H-pyrrole nitrogens is 1. The number of nitrogens with one attached hydrogen (secondary N) is 1. The first-order valence-corrected chi connectivity index (χ1v) is 9.53. The number of aromatic amines is 1. The first-order valence-electron chi connectivity index (χ1n) is 9.15. The second kappa shape index (κ2) is 9.45. The Bertz CT molecular complexity index is 1080. The highest BCUT2D eigenvalue weighted by Crippen LogP contribution is 2.24. The molecular formula is C21H23ClN4O3. The van der Waals surface area contributed by atoms with Gasteiger partial charge in [0.2, 0.25) is 0 Å². The fraction of sp³-hybridized carbons (Fsp3) is 0.238. The van der Waals surface area contributed by atoms with Crippen LogP contribution in [0.4, 0.5) is 11.5 Å². The van der Waals surface area contributed by atoms with E-state index in [-0.39, 0.29) is 18.1 Å². The summed E-state index contributed by atoms with van der Waals surface area (Å²) < 4.78 is 6.37. The molecule has 0 bridgehead atoms. The third kappa shape index (κ3) is 4.88. The number of nitrogens with two attached hydrogens (primary N) is 1. The monoisotopic (exact) mass is 414 g/mol. The average molecular weight is 415 g/mol. The summed E-state index contributed by atoms with van der Waals surface area (Å²) in [4.78, 5) is 29.2. The van der Waals surface area contributed by atoms with Crippen LogP contribution in [0, 0.1) is 0 Å². The Morgan fingerprint density at radius 1 is 1.07 bits per heavy atom. The molecule has 152 valence electrons. The number of benzene rings is 2. The maximum Gasteiger partial charge on any atom is 0.330 e. The Hall–Kier alpha value is -3.03. The molecule has 8 heteroatoms. The fourth-order valence-electron chi connectivity index (χ4n) is 3.14. The predicted octanol–water partition coefficient (Wildman–Crippen LogP) is 2.63. The molecule has 0 saturated carbocycles. The summed E-state index contributed by atoms with van der Waals surface area (Å²) in [6.07, 6.45) is 0. The van der Waals surface area contributed by atoms with E-state index in [9.17, 15) is 9.59 Å². The van der Waals surface area contributed by atoms with Gasteiger partial charge >= 0.3 is 5.69 Å². The normalized spacial score (nSPS) is 10.8. The van der Waals surface area contributed by atoms with Gasteiger partial charge in [-0.1, -0.05) is 60.1 Å². The maximum absolute atomic E-state index is 12.7. The van der Waals surface area contributed by atoms with Crippen molar-refractivity contribution in [3.8, 4) is 0 Å². The molecular weight excluding hydrogens is 392 g/mol. The molecule has 1 heterocycles. The minimum absolute atomic E-state index is 0.0961. The molecule has 0 spiro atoms. The Morgan fingerprint density at radius 2 is 1.76 bits per heavy atom. The zero-order chi connectivity index (χ0) is 20.8. The smallest absolute Gasteiger partial charge is 0.330 e. The molecule has 0 amide bonds. The van der Waals surface area contributed by atoms with Crippen LogP contribution in [0.3, 0.4) is 0 Å². The second-order valence-electron chi connectivity index (χ2n) is 6.57. The van der Waals surface area contributed by atoms with E-state index in [0.29, 0.717) is 24.7 Å². The Balaban J connectivity index is 2.09.